The summed E-state index contributed by atoms with van der Waals surface area (Å²) in [4.78, 5) is 43.2. The maximum atomic E-state index is 13.8. The number of allylic oxidation sites excluding steroid dienone is 1. The van der Waals surface area contributed by atoms with Crippen LogP contribution < -0.4 is 5.32 Å². The van der Waals surface area contributed by atoms with E-state index in [2.05, 4.69) is 21.8 Å². The van der Waals surface area contributed by atoms with E-state index in [0.717, 1.165) is 18.4 Å². The van der Waals surface area contributed by atoms with E-state index in [1.54, 1.807) is 29.2 Å². The third-order valence-electron chi connectivity index (χ3n) is 6.18. The molecule has 4 rings (SSSR count). The predicted octanol–water partition coefficient (Wildman–Crippen LogP) is 4.58. The quantitative estimate of drug-likeness (QED) is 0.447. The predicted molar refractivity (Wildman–Crippen MR) is 143 cm³/mol. The van der Waals surface area contributed by atoms with Crippen LogP contribution in [-0.4, -0.2) is 45.2 Å². The van der Waals surface area contributed by atoms with Gasteiger partial charge in [0.05, 0.1) is 12.5 Å². The van der Waals surface area contributed by atoms with Crippen LogP contribution in [0.3, 0.4) is 0 Å². The zero-order chi connectivity index (χ0) is 27.4. The number of carboxylic acid groups (broad SMARTS) is 1. The van der Waals surface area contributed by atoms with Gasteiger partial charge in [-0.3, -0.25) is 19.3 Å². The van der Waals surface area contributed by atoms with Gasteiger partial charge in [0.25, 0.3) is 11.8 Å². The molecule has 1 atom stereocenters. The van der Waals surface area contributed by atoms with Crippen molar-refractivity contribution in [3.63, 3.8) is 0 Å². The van der Waals surface area contributed by atoms with Gasteiger partial charge in [-0.1, -0.05) is 38.6 Å². The van der Waals surface area contributed by atoms with Gasteiger partial charge in [-0.25, -0.2) is 4.99 Å². The van der Waals surface area contributed by atoms with Gasteiger partial charge in [0, 0.05) is 17.7 Å². The fourth-order valence-corrected chi connectivity index (χ4v) is 4.15. The Morgan fingerprint density at radius 1 is 1.13 bits per heavy atom. The minimum absolute atomic E-state index is 0.0445. The molecule has 1 aliphatic heterocycles. The lowest BCUT2D eigenvalue weighted by molar-refractivity contribution is -0.136. The number of phenolic OH excluding ortho intramolecular Hbond substituents is 1. The number of carboxylic acids is 1. The summed E-state index contributed by atoms with van der Waals surface area (Å²) in [6.45, 7) is 6.17. The molecule has 0 unspecified atom stereocenters. The molecule has 8 heteroatoms. The molecule has 2 aromatic rings. The van der Waals surface area contributed by atoms with Crippen LogP contribution in [0.5, 0.6) is 5.75 Å². The van der Waals surface area contributed by atoms with Crippen molar-refractivity contribution >= 4 is 23.5 Å². The van der Waals surface area contributed by atoms with E-state index in [1.165, 1.54) is 12.1 Å². The van der Waals surface area contributed by atoms with Crippen LogP contribution in [-0.2, 0) is 9.59 Å². The van der Waals surface area contributed by atoms with E-state index in [9.17, 15) is 19.5 Å². The molecule has 1 saturated carbocycles. The highest BCUT2D eigenvalue weighted by molar-refractivity contribution is 6.47. The Bertz CT molecular complexity index is 1370. The number of hydrogen-bond donors (Lipinski definition) is 3. The van der Waals surface area contributed by atoms with Crippen molar-refractivity contribution in [2.24, 2.45) is 16.3 Å². The van der Waals surface area contributed by atoms with Crippen LogP contribution >= 0.6 is 0 Å². The van der Waals surface area contributed by atoms with Crippen molar-refractivity contribution in [1.29, 1.82) is 0 Å². The molecule has 2 amide bonds. The van der Waals surface area contributed by atoms with E-state index in [-0.39, 0.29) is 53.6 Å². The van der Waals surface area contributed by atoms with Gasteiger partial charge in [0.15, 0.2) is 5.82 Å². The van der Waals surface area contributed by atoms with Gasteiger partial charge in [0.2, 0.25) is 0 Å². The molecule has 3 N–H and O–H groups in total. The number of nitrogens with zero attached hydrogens (tertiary/aromatic N) is 2. The Morgan fingerprint density at radius 3 is 2.37 bits per heavy atom. The lowest BCUT2D eigenvalue weighted by Crippen LogP contribution is -2.34. The summed E-state index contributed by atoms with van der Waals surface area (Å²) in [5, 5.41) is 21.1. The number of phenols is 1. The topological polar surface area (TPSA) is 119 Å². The number of rotatable bonds is 8. The minimum Gasteiger partial charge on any atom is -0.508 e. The lowest BCUT2D eigenvalue weighted by Gasteiger charge is -2.28. The summed E-state index contributed by atoms with van der Waals surface area (Å²) in [5.74, 6) is -0.899. The van der Waals surface area contributed by atoms with Crippen LogP contribution in [0.1, 0.15) is 67.6 Å². The number of aliphatic carboxylic acids is 1. The number of amides is 2. The average molecular weight is 514 g/mol. The number of benzene rings is 2. The standard InChI is InChI=1S/C30H31N3O5/c1-30(2,3)17-4-5-24-32-26(19-12-14-23(34)15-13-19)29(38)33(24)27(20-6-7-20)21-8-10-22(11-9-21)28(37)31-18-16-25(35)36/h8-15,17,20,27,34H,6-7,16,18H2,1-3H3,(H,31,37)(H,35,36)/t27-/m1/s1. The first-order valence-electron chi connectivity index (χ1n) is 12.6. The first kappa shape index (κ1) is 26.7. The van der Waals surface area contributed by atoms with E-state index in [4.69, 9.17) is 5.11 Å². The Labute approximate surface area is 221 Å². The molecule has 1 heterocycles. The van der Waals surface area contributed by atoms with Crippen molar-refractivity contribution in [2.45, 2.75) is 46.1 Å². The number of carbonyl (C=O) groups is 3. The van der Waals surface area contributed by atoms with Crippen LogP contribution in [0.4, 0.5) is 0 Å². The number of aliphatic imine (C=N–C) groups is 1. The SMILES string of the molecule is CC(C)(C)C=C=C=C1N=C(c2ccc(O)cc2)C(=O)N1[C@@H](c1ccc(C(=O)NCCC(=O)O)cc1)C1CC1. The van der Waals surface area contributed by atoms with Gasteiger partial charge >= 0.3 is 5.97 Å². The molecule has 8 nitrogen and oxygen atoms in total. The zero-order valence-corrected chi connectivity index (χ0v) is 21.7. The van der Waals surface area contributed by atoms with Crippen molar-refractivity contribution in [3.8, 4) is 5.75 Å². The van der Waals surface area contributed by atoms with E-state index in [0.29, 0.717) is 16.9 Å². The van der Waals surface area contributed by atoms with Crippen molar-refractivity contribution in [3.05, 3.63) is 88.6 Å². The molecule has 2 aromatic carbocycles. The van der Waals surface area contributed by atoms with E-state index < -0.39 is 5.97 Å². The number of nitrogens with one attached hydrogen (secondary N) is 1. The molecule has 38 heavy (non-hydrogen) atoms. The number of aromatic hydroxyl groups is 1. The van der Waals surface area contributed by atoms with Crippen LogP contribution in [0.15, 0.2) is 76.9 Å². The number of hydrogen-bond acceptors (Lipinski definition) is 5. The van der Waals surface area contributed by atoms with Crippen molar-refractivity contribution in [1.82, 2.24) is 10.2 Å². The summed E-state index contributed by atoms with van der Waals surface area (Å²) in [6, 6.07) is 13.1. The van der Waals surface area contributed by atoms with E-state index in [1.807, 2.05) is 39.0 Å². The molecule has 196 valence electrons. The summed E-state index contributed by atoms with van der Waals surface area (Å²) in [7, 11) is 0. The van der Waals surface area contributed by atoms with Gasteiger partial charge in [-0.2, -0.15) is 0 Å². The van der Waals surface area contributed by atoms with Gasteiger partial charge in [-0.15, -0.1) is 0 Å². The van der Waals surface area contributed by atoms with E-state index >= 15 is 0 Å². The van der Waals surface area contributed by atoms with Gasteiger partial charge < -0.3 is 15.5 Å². The average Bonchev–Trinajstić information content (AvgIpc) is 3.64. The summed E-state index contributed by atoms with van der Waals surface area (Å²) in [6.07, 6.45) is 3.63. The third kappa shape index (κ3) is 6.48. The monoisotopic (exact) mass is 513 g/mol. The Kier molecular flexibility index (Phi) is 7.67. The largest absolute Gasteiger partial charge is 0.508 e. The molecule has 2 aliphatic rings. The molecule has 0 saturated heterocycles. The first-order chi connectivity index (χ1) is 18.0. The highest BCUT2D eigenvalue weighted by Gasteiger charge is 2.44. The normalized spacial score (nSPS) is 15.9. The van der Waals surface area contributed by atoms with Crippen LogP contribution in [0, 0.1) is 11.3 Å². The maximum absolute atomic E-state index is 13.8. The molecular formula is C30H31N3O5. The molecule has 1 aliphatic carbocycles. The van der Waals surface area contributed by atoms with Gasteiger partial charge in [0.1, 0.15) is 11.5 Å². The second kappa shape index (κ2) is 10.9. The van der Waals surface area contributed by atoms with Crippen LogP contribution in [0.25, 0.3) is 0 Å². The highest BCUT2D eigenvalue weighted by atomic mass is 16.4. The smallest absolute Gasteiger partial charge is 0.305 e. The fourth-order valence-electron chi connectivity index (χ4n) is 4.15. The van der Waals surface area contributed by atoms with Crippen molar-refractivity contribution < 1.29 is 24.6 Å². The molecule has 0 spiro atoms. The second-order valence-electron chi connectivity index (χ2n) is 10.6. The summed E-state index contributed by atoms with van der Waals surface area (Å²) in [5.41, 5.74) is 8.17. The Morgan fingerprint density at radius 2 is 1.79 bits per heavy atom. The molecule has 0 radical (unpaired) electrons. The first-order valence-corrected chi connectivity index (χ1v) is 12.6. The Hall–Kier alpha value is -4.38. The number of carbonyl (C=O) groups excluding carboxylic acids is 2. The molecule has 0 bridgehead atoms. The fraction of sp³-hybridized carbons (Fsp3) is 0.333. The lowest BCUT2D eigenvalue weighted by atomic mass is 9.97. The molecule has 1 fully saturated rings. The highest BCUT2D eigenvalue weighted by Crippen LogP contribution is 2.47. The Balaban J connectivity index is 1.69. The summed E-state index contributed by atoms with van der Waals surface area (Å²) < 4.78 is 0. The third-order valence-corrected chi connectivity index (χ3v) is 6.18. The van der Waals surface area contributed by atoms with Gasteiger partial charge in [-0.05, 0) is 77.9 Å². The molecule has 0 aromatic heterocycles. The second-order valence-corrected chi connectivity index (χ2v) is 10.6. The molecular weight excluding hydrogens is 482 g/mol. The van der Waals surface area contributed by atoms with Crippen LogP contribution in [0.2, 0.25) is 0 Å². The zero-order valence-electron chi connectivity index (χ0n) is 21.7. The maximum Gasteiger partial charge on any atom is 0.305 e. The minimum atomic E-state index is -0.979. The summed E-state index contributed by atoms with van der Waals surface area (Å²) >= 11 is 0. The van der Waals surface area contributed by atoms with Crippen molar-refractivity contribution in [2.75, 3.05) is 6.54 Å².